The lowest BCUT2D eigenvalue weighted by atomic mass is 9.86. The van der Waals surface area contributed by atoms with Gasteiger partial charge >= 0.3 is 0 Å². The highest BCUT2D eigenvalue weighted by molar-refractivity contribution is 9.09. The summed E-state index contributed by atoms with van der Waals surface area (Å²) in [4.78, 5) is 11.8. The molecule has 17 heavy (non-hydrogen) atoms. The maximum atomic E-state index is 11.8. The zero-order valence-electron chi connectivity index (χ0n) is 11.2. The molecule has 0 aromatic carbocycles. The Labute approximate surface area is 114 Å². The topological polar surface area (TPSA) is 29.1 Å². The SMILES string of the molecule is CC(C)(CCBr)NC(=O)CCC1CCCCC1. The van der Waals surface area contributed by atoms with E-state index in [1.165, 1.54) is 32.1 Å². The average molecular weight is 304 g/mol. The molecule has 1 fully saturated rings. The Morgan fingerprint density at radius 3 is 2.53 bits per heavy atom. The van der Waals surface area contributed by atoms with Crippen molar-refractivity contribution >= 4 is 21.8 Å². The maximum Gasteiger partial charge on any atom is 0.220 e. The largest absolute Gasteiger partial charge is 0.351 e. The van der Waals surface area contributed by atoms with Gasteiger partial charge in [0, 0.05) is 17.3 Å². The first-order chi connectivity index (χ1) is 8.03. The third-order valence-electron chi connectivity index (χ3n) is 3.70. The van der Waals surface area contributed by atoms with Crippen LogP contribution in [0.15, 0.2) is 0 Å². The molecule has 0 bridgehead atoms. The summed E-state index contributed by atoms with van der Waals surface area (Å²) in [7, 11) is 0. The van der Waals surface area contributed by atoms with E-state index >= 15 is 0 Å². The molecule has 0 saturated heterocycles. The van der Waals surface area contributed by atoms with E-state index < -0.39 is 0 Å². The van der Waals surface area contributed by atoms with Crippen LogP contribution < -0.4 is 5.32 Å². The minimum absolute atomic E-state index is 0.0762. The molecule has 1 amide bonds. The lowest BCUT2D eigenvalue weighted by Gasteiger charge is -2.26. The van der Waals surface area contributed by atoms with Crippen LogP contribution in [0.25, 0.3) is 0 Å². The van der Waals surface area contributed by atoms with Crippen LogP contribution in [0.4, 0.5) is 0 Å². The van der Waals surface area contributed by atoms with E-state index in [1.807, 2.05) is 0 Å². The summed E-state index contributed by atoms with van der Waals surface area (Å²) in [6, 6.07) is 0. The number of carbonyl (C=O) groups is 1. The third-order valence-corrected chi connectivity index (χ3v) is 4.10. The molecule has 100 valence electrons. The van der Waals surface area contributed by atoms with Gasteiger partial charge < -0.3 is 5.32 Å². The molecule has 0 spiro atoms. The van der Waals surface area contributed by atoms with E-state index in [0.717, 1.165) is 24.1 Å². The summed E-state index contributed by atoms with van der Waals surface area (Å²) in [5.74, 6) is 1.02. The second-order valence-corrected chi connectivity index (χ2v) is 6.71. The van der Waals surface area contributed by atoms with E-state index in [0.29, 0.717) is 6.42 Å². The zero-order chi connectivity index (χ0) is 12.7. The van der Waals surface area contributed by atoms with Gasteiger partial charge in [-0.25, -0.2) is 0 Å². The number of nitrogens with one attached hydrogen (secondary N) is 1. The summed E-state index contributed by atoms with van der Waals surface area (Å²) in [5, 5.41) is 4.06. The van der Waals surface area contributed by atoms with Gasteiger partial charge in [-0.2, -0.15) is 0 Å². The van der Waals surface area contributed by atoms with Gasteiger partial charge in [0.05, 0.1) is 0 Å². The molecule has 0 aromatic rings. The highest BCUT2D eigenvalue weighted by Gasteiger charge is 2.20. The molecule has 3 heteroatoms. The van der Waals surface area contributed by atoms with Crippen molar-refractivity contribution in [1.29, 1.82) is 0 Å². The Kier molecular flexibility index (Phi) is 6.53. The maximum absolute atomic E-state index is 11.8. The van der Waals surface area contributed by atoms with Crippen LogP contribution in [-0.4, -0.2) is 16.8 Å². The lowest BCUT2D eigenvalue weighted by molar-refractivity contribution is -0.123. The quantitative estimate of drug-likeness (QED) is 0.738. The standard InChI is InChI=1S/C14H26BrNO/c1-14(2,10-11-15)16-13(17)9-8-12-6-4-3-5-7-12/h12H,3-11H2,1-2H3,(H,16,17). The molecule has 0 unspecified atom stereocenters. The fourth-order valence-electron chi connectivity index (χ4n) is 2.55. The molecule has 0 aromatic heterocycles. The third kappa shape index (κ3) is 6.44. The van der Waals surface area contributed by atoms with Gasteiger partial charge in [-0.15, -0.1) is 0 Å². The van der Waals surface area contributed by atoms with E-state index in [4.69, 9.17) is 0 Å². The number of alkyl halides is 1. The number of hydrogen-bond donors (Lipinski definition) is 1. The Morgan fingerprint density at radius 2 is 1.94 bits per heavy atom. The minimum Gasteiger partial charge on any atom is -0.351 e. The van der Waals surface area contributed by atoms with Crippen LogP contribution in [0.3, 0.4) is 0 Å². The van der Waals surface area contributed by atoms with Gasteiger partial charge in [-0.3, -0.25) is 4.79 Å². The molecule has 1 rings (SSSR count). The van der Waals surface area contributed by atoms with E-state index in [2.05, 4.69) is 35.1 Å². The van der Waals surface area contributed by atoms with Gasteiger partial charge in [0.1, 0.15) is 0 Å². The van der Waals surface area contributed by atoms with Gasteiger partial charge in [-0.1, -0.05) is 48.0 Å². The molecular formula is C14H26BrNO. The first-order valence-corrected chi connectivity index (χ1v) is 8.02. The predicted molar refractivity (Wildman–Crippen MR) is 76.4 cm³/mol. The zero-order valence-corrected chi connectivity index (χ0v) is 12.8. The summed E-state index contributed by atoms with van der Waals surface area (Å²) in [6.45, 7) is 4.18. The van der Waals surface area contributed by atoms with E-state index in [-0.39, 0.29) is 11.4 Å². The van der Waals surface area contributed by atoms with Gasteiger partial charge in [0.2, 0.25) is 5.91 Å². The monoisotopic (exact) mass is 303 g/mol. The van der Waals surface area contributed by atoms with Crippen LogP contribution in [0, 0.1) is 5.92 Å². The van der Waals surface area contributed by atoms with Gasteiger partial charge in [-0.05, 0) is 32.6 Å². The Balaban J connectivity index is 2.20. The molecule has 0 radical (unpaired) electrons. The number of rotatable bonds is 6. The van der Waals surface area contributed by atoms with Crippen LogP contribution >= 0.6 is 15.9 Å². The van der Waals surface area contributed by atoms with Crippen LogP contribution in [0.1, 0.15) is 65.2 Å². The fourth-order valence-corrected chi connectivity index (χ4v) is 3.54. The number of carbonyl (C=O) groups excluding carboxylic acids is 1. The molecule has 2 nitrogen and oxygen atoms in total. The smallest absolute Gasteiger partial charge is 0.220 e. The minimum atomic E-state index is -0.0762. The van der Waals surface area contributed by atoms with Crippen LogP contribution in [0.5, 0.6) is 0 Å². The number of halogens is 1. The van der Waals surface area contributed by atoms with Crippen molar-refractivity contribution in [2.24, 2.45) is 5.92 Å². The van der Waals surface area contributed by atoms with Crippen molar-refractivity contribution in [3.63, 3.8) is 0 Å². The Morgan fingerprint density at radius 1 is 1.29 bits per heavy atom. The first kappa shape index (κ1) is 15.0. The predicted octanol–water partition coefficient (Wildman–Crippen LogP) is 4.03. The number of amides is 1. The summed E-state index contributed by atoms with van der Waals surface area (Å²) < 4.78 is 0. The van der Waals surface area contributed by atoms with Gasteiger partial charge in [0.25, 0.3) is 0 Å². The van der Waals surface area contributed by atoms with Crippen molar-refractivity contribution in [3.8, 4) is 0 Å². The summed E-state index contributed by atoms with van der Waals surface area (Å²) in [5.41, 5.74) is -0.0762. The van der Waals surface area contributed by atoms with Crippen molar-refractivity contribution in [1.82, 2.24) is 5.32 Å². The highest BCUT2D eigenvalue weighted by Crippen LogP contribution is 2.27. The highest BCUT2D eigenvalue weighted by atomic mass is 79.9. The van der Waals surface area contributed by atoms with Crippen molar-refractivity contribution in [2.75, 3.05) is 5.33 Å². The Bertz CT molecular complexity index is 234. The van der Waals surface area contributed by atoms with Crippen molar-refractivity contribution < 1.29 is 4.79 Å². The number of hydrogen-bond acceptors (Lipinski definition) is 1. The second kappa shape index (κ2) is 7.40. The Hall–Kier alpha value is -0.0500. The molecule has 1 aliphatic rings. The fraction of sp³-hybridized carbons (Fsp3) is 0.929. The first-order valence-electron chi connectivity index (χ1n) is 6.90. The summed E-state index contributed by atoms with van der Waals surface area (Å²) in [6.07, 6.45) is 9.54. The molecule has 0 atom stereocenters. The molecule has 0 aliphatic heterocycles. The van der Waals surface area contributed by atoms with Crippen molar-refractivity contribution in [3.05, 3.63) is 0 Å². The van der Waals surface area contributed by atoms with Crippen molar-refractivity contribution in [2.45, 2.75) is 70.8 Å². The van der Waals surface area contributed by atoms with Crippen LogP contribution in [0.2, 0.25) is 0 Å². The van der Waals surface area contributed by atoms with E-state index in [1.54, 1.807) is 0 Å². The van der Waals surface area contributed by atoms with Gasteiger partial charge in [0.15, 0.2) is 0 Å². The molecular weight excluding hydrogens is 278 g/mol. The normalized spacial score (nSPS) is 18.1. The average Bonchev–Trinajstić information content (AvgIpc) is 2.27. The van der Waals surface area contributed by atoms with Crippen LogP contribution in [-0.2, 0) is 4.79 Å². The molecule has 1 aliphatic carbocycles. The van der Waals surface area contributed by atoms with E-state index in [9.17, 15) is 4.79 Å². The lowest BCUT2D eigenvalue weighted by Crippen LogP contribution is -2.43. The second-order valence-electron chi connectivity index (χ2n) is 5.91. The molecule has 1 N–H and O–H groups in total. The molecule has 0 heterocycles. The molecule has 1 saturated carbocycles. The summed E-state index contributed by atoms with van der Waals surface area (Å²) >= 11 is 3.43.